The van der Waals surface area contributed by atoms with Gasteiger partial charge in [-0.05, 0) is 45.6 Å². The van der Waals surface area contributed by atoms with Crippen LogP contribution in [0.1, 0.15) is 45.6 Å². The Labute approximate surface area is 148 Å². The molecule has 25 heavy (non-hydrogen) atoms. The Morgan fingerprint density at radius 2 is 1.92 bits per heavy atom. The highest BCUT2D eigenvalue weighted by Gasteiger charge is 2.57. The number of amides is 2. The number of likely N-dealkylation sites (tertiary alicyclic amines) is 1. The molecule has 1 aliphatic heterocycles. The number of nitrogens with zero attached hydrogens (tertiary/aromatic N) is 1. The molecule has 0 aromatic heterocycles. The lowest BCUT2D eigenvalue weighted by molar-refractivity contribution is -0.0785. The zero-order chi connectivity index (χ0) is 18.1. The monoisotopic (exact) mass is 346 g/mol. The second-order valence-electron chi connectivity index (χ2n) is 7.92. The van der Waals surface area contributed by atoms with E-state index in [1.165, 1.54) is 0 Å². The zero-order valence-electron chi connectivity index (χ0n) is 15.1. The SMILES string of the molecule is CC(C)(C)OC(=O)NC1CC2(CCN2C(=O)OCc2ccccc2)C1. The summed E-state index contributed by atoms with van der Waals surface area (Å²) in [5, 5.41) is 2.87. The minimum atomic E-state index is -0.505. The smallest absolute Gasteiger partial charge is 0.410 e. The highest BCUT2D eigenvalue weighted by Crippen LogP contribution is 2.47. The van der Waals surface area contributed by atoms with Gasteiger partial charge in [0.1, 0.15) is 12.2 Å². The van der Waals surface area contributed by atoms with E-state index in [0.717, 1.165) is 24.8 Å². The molecule has 1 spiro atoms. The molecular formula is C19H26N2O4. The van der Waals surface area contributed by atoms with Gasteiger partial charge in [-0.3, -0.25) is 0 Å². The summed E-state index contributed by atoms with van der Waals surface area (Å²) in [6.45, 7) is 6.51. The van der Waals surface area contributed by atoms with E-state index in [-0.39, 0.29) is 24.3 Å². The fraction of sp³-hybridized carbons (Fsp3) is 0.579. The van der Waals surface area contributed by atoms with Crippen LogP contribution in [0, 0.1) is 0 Å². The van der Waals surface area contributed by atoms with Crippen molar-refractivity contribution in [3.63, 3.8) is 0 Å². The maximum Gasteiger partial charge on any atom is 0.410 e. The van der Waals surface area contributed by atoms with Crippen molar-refractivity contribution in [2.24, 2.45) is 0 Å². The molecule has 2 fully saturated rings. The molecule has 1 saturated heterocycles. The van der Waals surface area contributed by atoms with Crippen molar-refractivity contribution in [3.05, 3.63) is 35.9 Å². The molecule has 6 heteroatoms. The molecule has 1 aliphatic carbocycles. The van der Waals surface area contributed by atoms with Crippen molar-refractivity contribution in [2.45, 2.75) is 63.8 Å². The average Bonchev–Trinajstić information content (AvgIpc) is 2.46. The van der Waals surface area contributed by atoms with Crippen LogP contribution in [-0.4, -0.2) is 40.8 Å². The van der Waals surface area contributed by atoms with Gasteiger partial charge in [0.05, 0.1) is 5.54 Å². The van der Waals surface area contributed by atoms with E-state index in [9.17, 15) is 9.59 Å². The highest BCUT2D eigenvalue weighted by molar-refractivity contribution is 5.71. The summed E-state index contributed by atoms with van der Waals surface area (Å²) in [7, 11) is 0. The van der Waals surface area contributed by atoms with E-state index in [0.29, 0.717) is 6.54 Å². The van der Waals surface area contributed by atoms with Gasteiger partial charge in [0.25, 0.3) is 0 Å². The van der Waals surface area contributed by atoms with Gasteiger partial charge < -0.3 is 19.7 Å². The van der Waals surface area contributed by atoms with Crippen molar-refractivity contribution >= 4 is 12.2 Å². The fourth-order valence-electron chi connectivity index (χ4n) is 3.48. The van der Waals surface area contributed by atoms with Crippen LogP contribution in [0.4, 0.5) is 9.59 Å². The summed E-state index contributed by atoms with van der Waals surface area (Å²) in [6, 6.07) is 9.70. The molecule has 6 nitrogen and oxygen atoms in total. The van der Waals surface area contributed by atoms with Crippen LogP contribution in [0.3, 0.4) is 0 Å². The highest BCUT2D eigenvalue weighted by atomic mass is 16.6. The van der Waals surface area contributed by atoms with Crippen molar-refractivity contribution in [3.8, 4) is 0 Å². The molecule has 3 rings (SSSR count). The lowest BCUT2D eigenvalue weighted by Gasteiger charge is -2.60. The number of hydrogen-bond donors (Lipinski definition) is 1. The zero-order valence-corrected chi connectivity index (χ0v) is 15.1. The van der Waals surface area contributed by atoms with Gasteiger partial charge >= 0.3 is 12.2 Å². The maximum absolute atomic E-state index is 12.3. The summed E-state index contributed by atoms with van der Waals surface area (Å²) >= 11 is 0. The van der Waals surface area contributed by atoms with Crippen LogP contribution in [0.25, 0.3) is 0 Å². The molecular weight excluding hydrogens is 320 g/mol. The summed E-state index contributed by atoms with van der Waals surface area (Å²) in [6.07, 6.45) is 1.80. The first-order valence-electron chi connectivity index (χ1n) is 8.75. The molecule has 0 unspecified atom stereocenters. The second-order valence-corrected chi connectivity index (χ2v) is 7.92. The van der Waals surface area contributed by atoms with Crippen molar-refractivity contribution in [1.29, 1.82) is 0 Å². The van der Waals surface area contributed by atoms with Crippen LogP contribution in [0.2, 0.25) is 0 Å². The Kier molecular flexibility index (Phi) is 4.62. The van der Waals surface area contributed by atoms with Gasteiger partial charge in [-0.1, -0.05) is 30.3 Å². The van der Waals surface area contributed by atoms with E-state index < -0.39 is 11.7 Å². The Morgan fingerprint density at radius 3 is 2.48 bits per heavy atom. The lowest BCUT2D eigenvalue weighted by Crippen LogP contribution is -2.72. The summed E-state index contributed by atoms with van der Waals surface area (Å²) in [5.74, 6) is 0. The first-order chi connectivity index (χ1) is 11.8. The molecule has 1 aromatic rings. The molecule has 2 amide bonds. The molecule has 2 aliphatic rings. The molecule has 0 atom stereocenters. The number of carbonyl (C=O) groups is 2. The van der Waals surface area contributed by atoms with Gasteiger partial charge in [-0.15, -0.1) is 0 Å². The van der Waals surface area contributed by atoms with E-state index in [1.807, 2.05) is 51.1 Å². The molecule has 136 valence electrons. The predicted molar refractivity (Wildman–Crippen MR) is 93.1 cm³/mol. The van der Waals surface area contributed by atoms with Crippen LogP contribution >= 0.6 is 0 Å². The van der Waals surface area contributed by atoms with Crippen molar-refractivity contribution in [2.75, 3.05) is 6.54 Å². The number of carbonyl (C=O) groups excluding carboxylic acids is 2. The third kappa shape index (κ3) is 4.06. The summed E-state index contributed by atoms with van der Waals surface area (Å²) < 4.78 is 10.7. The molecule has 1 heterocycles. The van der Waals surface area contributed by atoms with Crippen LogP contribution in [0.5, 0.6) is 0 Å². The first kappa shape index (κ1) is 17.6. The van der Waals surface area contributed by atoms with Crippen molar-refractivity contribution < 1.29 is 19.1 Å². The average molecular weight is 346 g/mol. The van der Waals surface area contributed by atoms with Gasteiger partial charge in [0, 0.05) is 12.6 Å². The van der Waals surface area contributed by atoms with Crippen LogP contribution in [-0.2, 0) is 16.1 Å². The van der Waals surface area contributed by atoms with Gasteiger partial charge in [0.15, 0.2) is 0 Å². The lowest BCUT2D eigenvalue weighted by atomic mass is 9.65. The Bertz CT molecular complexity index is 633. The van der Waals surface area contributed by atoms with Crippen molar-refractivity contribution in [1.82, 2.24) is 10.2 Å². The van der Waals surface area contributed by atoms with Gasteiger partial charge in [0.2, 0.25) is 0 Å². The van der Waals surface area contributed by atoms with E-state index in [4.69, 9.17) is 9.47 Å². The fourth-order valence-corrected chi connectivity index (χ4v) is 3.48. The maximum atomic E-state index is 12.3. The largest absolute Gasteiger partial charge is 0.445 e. The van der Waals surface area contributed by atoms with E-state index in [2.05, 4.69) is 5.32 Å². The third-order valence-corrected chi connectivity index (χ3v) is 4.77. The Hall–Kier alpha value is -2.24. The quantitative estimate of drug-likeness (QED) is 0.910. The topological polar surface area (TPSA) is 67.9 Å². The molecule has 1 saturated carbocycles. The first-order valence-corrected chi connectivity index (χ1v) is 8.75. The predicted octanol–water partition coefficient (Wildman–Crippen LogP) is 3.45. The third-order valence-electron chi connectivity index (χ3n) is 4.77. The standard InChI is InChI=1S/C19H26N2O4/c1-18(2,3)25-16(22)20-15-11-19(12-15)9-10-21(19)17(23)24-13-14-7-5-4-6-8-14/h4-8,15H,9-13H2,1-3H3,(H,20,22). The number of benzene rings is 1. The Morgan fingerprint density at radius 1 is 1.24 bits per heavy atom. The number of ether oxygens (including phenoxy) is 2. The minimum absolute atomic E-state index is 0.0552. The van der Waals surface area contributed by atoms with Gasteiger partial charge in [-0.2, -0.15) is 0 Å². The second kappa shape index (κ2) is 6.58. The molecule has 0 radical (unpaired) electrons. The minimum Gasteiger partial charge on any atom is -0.445 e. The van der Waals surface area contributed by atoms with Crippen LogP contribution < -0.4 is 5.32 Å². The number of nitrogens with one attached hydrogen (secondary N) is 1. The van der Waals surface area contributed by atoms with Crippen LogP contribution in [0.15, 0.2) is 30.3 Å². The number of hydrogen-bond acceptors (Lipinski definition) is 4. The number of alkyl carbamates (subject to hydrolysis) is 1. The summed E-state index contributed by atoms with van der Waals surface area (Å²) in [4.78, 5) is 25.9. The van der Waals surface area contributed by atoms with E-state index in [1.54, 1.807) is 4.90 Å². The Balaban J connectivity index is 1.44. The van der Waals surface area contributed by atoms with Gasteiger partial charge in [-0.25, -0.2) is 9.59 Å². The molecule has 0 bridgehead atoms. The normalized spacial score (nSPS) is 24.9. The number of rotatable bonds is 3. The van der Waals surface area contributed by atoms with E-state index >= 15 is 0 Å². The summed E-state index contributed by atoms with van der Waals surface area (Å²) in [5.41, 5.74) is 0.325. The molecule has 1 N–H and O–H groups in total. The molecule has 1 aromatic carbocycles.